The van der Waals surface area contributed by atoms with Gasteiger partial charge in [0.1, 0.15) is 5.75 Å². The quantitative estimate of drug-likeness (QED) is 0.899. The molecule has 0 amide bonds. The Morgan fingerprint density at radius 1 is 1.25 bits per heavy atom. The fraction of sp³-hybridized carbons (Fsp3) is 0.667. The summed E-state index contributed by atoms with van der Waals surface area (Å²) in [5.74, 6) is 1.94. The van der Waals surface area contributed by atoms with Crippen molar-refractivity contribution in [2.24, 2.45) is 5.92 Å². The van der Waals surface area contributed by atoms with Gasteiger partial charge in [-0.2, -0.15) is 0 Å². The second-order valence-corrected chi connectivity index (χ2v) is 6.66. The largest absolute Gasteiger partial charge is 0.496 e. The van der Waals surface area contributed by atoms with Gasteiger partial charge in [-0.1, -0.05) is 30.5 Å². The van der Waals surface area contributed by atoms with Crippen molar-refractivity contribution < 1.29 is 4.74 Å². The molecule has 2 nitrogen and oxygen atoms in total. The Morgan fingerprint density at radius 3 is 2.85 bits per heavy atom. The van der Waals surface area contributed by atoms with E-state index in [2.05, 4.69) is 30.4 Å². The normalized spacial score (nSPS) is 27.1. The summed E-state index contributed by atoms with van der Waals surface area (Å²) in [6.45, 7) is 3.36. The number of methoxy groups -OCH3 is 1. The Kier molecular flexibility index (Phi) is 4.02. The number of ether oxygens (including phenoxy) is 1. The Hall–Kier alpha value is -1.02. The lowest BCUT2D eigenvalue weighted by molar-refractivity contribution is 0.267. The molecule has 1 aromatic carbocycles. The van der Waals surface area contributed by atoms with Crippen LogP contribution in [0.25, 0.3) is 0 Å². The molecule has 20 heavy (non-hydrogen) atoms. The molecule has 0 radical (unpaired) electrons. The highest BCUT2D eigenvalue weighted by molar-refractivity contribution is 5.38. The molecular weight excluding hydrogens is 246 g/mol. The van der Waals surface area contributed by atoms with Gasteiger partial charge in [-0.3, -0.25) is 0 Å². The third-order valence-electron chi connectivity index (χ3n) is 5.08. The molecule has 1 saturated heterocycles. The summed E-state index contributed by atoms with van der Waals surface area (Å²) in [7, 11) is 1.79. The molecule has 2 heteroatoms. The summed E-state index contributed by atoms with van der Waals surface area (Å²) in [6, 6.07) is 6.59. The molecule has 2 fully saturated rings. The van der Waals surface area contributed by atoms with Crippen molar-refractivity contribution in [2.75, 3.05) is 13.7 Å². The molecule has 1 saturated carbocycles. The molecule has 1 atom stereocenters. The maximum absolute atomic E-state index is 5.59. The summed E-state index contributed by atoms with van der Waals surface area (Å²) in [5, 5.41) is 3.92. The van der Waals surface area contributed by atoms with Crippen LogP contribution in [0.2, 0.25) is 0 Å². The summed E-state index contributed by atoms with van der Waals surface area (Å²) in [6.07, 6.45) is 9.35. The Morgan fingerprint density at radius 2 is 2.10 bits per heavy atom. The monoisotopic (exact) mass is 273 g/mol. The Balaban J connectivity index is 1.87. The van der Waals surface area contributed by atoms with Crippen LogP contribution in [0.1, 0.15) is 49.7 Å². The summed E-state index contributed by atoms with van der Waals surface area (Å²) in [5.41, 5.74) is 3.05. The van der Waals surface area contributed by atoms with E-state index in [0.717, 1.165) is 18.1 Å². The van der Waals surface area contributed by atoms with E-state index in [1.165, 1.54) is 56.2 Å². The van der Waals surface area contributed by atoms with Crippen LogP contribution in [-0.2, 0) is 6.42 Å². The molecular formula is C18H27NO. The molecule has 1 unspecified atom stereocenters. The van der Waals surface area contributed by atoms with Gasteiger partial charge in [0.15, 0.2) is 0 Å². The molecule has 3 rings (SSSR count). The third-order valence-corrected chi connectivity index (χ3v) is 5.08. The van der Waals surface area contributed by atoms with E-state index in [1.54, 1.807) is 7.11 Å². The van der Waals surface area contributed by atoms with Crippen LogP contribution in [-0.4, -0.2) is 19.2 Å². The fourth-order valence-corrected chi connectivity index (χ4v) is 3.83. The predicted molar refractivity (Wildman–Crippen MR) is 83.4 cm³/mol. The van der Waals surface area contributed by atoms with Crippen molar-refractivity contribution in [3.8, 4) is 5.75 Å². The molecule has 1 heterocycles. The zero-order valence-electron chi connectivity index (χ0n) is 12.9. The van der Waals surface area contributed by atoms with Gasteiger partial charge in [0, 0.05) is 5.54 Å². The average Bonchev–Trinajstić information content (AvgIpc) is 3.26. The third kappa shape index (κ3) is 2.85. The molecule has 0 spiro atoms. The first-order valence-electron chi connectivity index (χ1n) is 8.12. The van der Waals surface area contributed by atoms with Crippen LogP contribution in [0.3, 0.4) is 0 Å². The molecule has 0 bridgehead atoms. The van der Waals surface area contributed by atoms with Gasteiger partial charge in [0.05, 0.1) is 7.11 Å². The first-order valence-corrected chi connectivity index (χ1v) is 8.12. The highest BCUT2D eigenvalue weighted by atomic mass is 16.5. The van der Waals surface area contributed by atoms with Crippen molar-refractivity contribution >= 4 is 0 Å². The van der Waals surface area contributed by atoms with Crippen LogP contribution in [0.15, 0.2) is 18.2 Å². The standard InChI is InChI=1S/C18H27NO/c1-14-6-9-17(20-2)15(12-14)13-18(16-7-8-16)10-4-3-5-11-19-18/h6,9,12,16,19H,3-5,7-8,10-11,13H2,1-2H3. The minimum atomic E-state index is 0.331. The molecule has 1 aromatic rings. The summed E-state index contributed by atoms with van der Waals surface area (Å²) >= 11 is 0. The van der Waals surface area contributed by atoms with Gasteiger partial charge in [-0.05, 0) is 63.1 Å². The lowest BCUT2D eigenvalue weighted by Crippen LogP contribution is -2.48. The van der Waals surface area contributed by atoms with Gasteiger partial charge in [-0.25, -0.2) is 0 Å². The minimum Gasteiger partial charge on any atom is -0.496 e. The number of hydrogen-bond donors (Lipinski definition) is 1. The second-order valence-electron chi connectivity index (χ2n) is 6.66. The van der Waals surface area contributed by atoms with Crippen molar-refractivity contribution in [1.29, 1.82) is 0 Å². The van der Waals surface area contributed by atoms with Crippen LogP contribution in [0, 0.1) is 12.8 Å². The van der Waals surface area contributed by atoms with Crippen molar-refractivity contribution in [3.05, 3.63) is 29.3 Å². The van der Waals surface area contributed by atoms with E-state index in [9.17, 15) is 0 Å². The van der Waals surface area contributed by atoms with E-state index in [0.29, 0.717) is 5.54 Å². The van der Waals surface area contributed by atoms with E-state index in [4.69, 9.17) is 4.74 Å². The van der Waals surface area contributed by atoms with E-state index in [1.807, 2.05) is 0 Å². The van der Waals surface area contributed by atoms with Gasteiger partial charge in [-0.15, -0.1) is 0 Å². The zero-order valence-corrected chi connectivity index (χ0v) is 12.9. The van der Waals surface area contributed by atoms with Gasteiger partial charge in [0.2, 0.25) is 0 Å². The molecule has 1 aliphatic carbocycles. The molecule has 110 valence electrons. The lowest BCUT2D eigenvalue weighted by atomic mass is 9.81. The van der Waals surface area contributed by atoms with Crippen molar-refractivity contribution in [2.45, 2.75) is 57.4 Å². The Bertz CT molecular complexity index is 456. The van der Waals surface area contributed by atoms with E-state index < -0.39 is 0 Å². The lowest BCUT2D eigenvalue weighted by Gasteiger charge is -2.35. The molecule has 0 aromatic heterocycles. The number of rotatable bonds is 4. The predicted octanol–water partition coefficient (Wildman–Crippen LogP) is 3.86. The zero-order chi connectivity index (χ0) is 14.0. The summed E-state index contributed by atoms with van der Waals surface area (Å²) in [4.78, 5) is 0. The SMILES string of the molecule is COc1ccc(C)cc1CC1(C2CC2)CCCCCN1. The van der Waals surface area contributed by atoms with Crippen LogP contribution in [0.5, 0.6) is 5.75 Å². The molecule has 1 aliphatic heterocycles. The maximum Gasteiger partial charge on any atom is 0.122 e. The number of benzene rings is 1. The molecule has 2 aliphatic rings. The van der Waals surface area contributed by atoms with Crippen LogP contribution >= 0.6 is 0 Å². The number of nitrogens with one attached hydrogen (secondary N) is 1. The molecule has 1 N–H and O–H groups in total. The van der Waals surface area contributed by atoms with Gasteiger partial charge in [0.25, 0.3) is 0 Å². The first kappa shape index (κ1) is 13.9. The van der Waals surface area contributed by atoms with E-state index >= 15 is 0 Å². The summed E-state index contributed by atoms with van der Waals surface area (Å²) < 4.78 is 5.59. The number of aryl methyl sites for hydroxylation is 1. The minimum absolute atomic E-state index is 0.331. The first-order chi connectivity index (χ1) is 9.73. The second kappa shape index (κ2) is 5.77. The smallest absolute Gasteiger partial charge is 0.122 e. The topological polar surface area (TPSA) is 21.3 Å². The van der Waals surface area contributed by atoms with Crippen molar-refractivity contribution in [3.63, 3.8) is 0 Å². The van der Waals surface area contributed by atoms with Crippen LogP contribution in [0.4, 0.5) is 0 Å². The van der Waals surface area contributed by atoms with Crippen LogP contribution < -0.4 is 10.1 Å². The van der Waals surface area contributed by atoms with Gasteiger partial charge < -0.3 is 10.1 Å². The van der Waals surface area contributed by atoms with E-state index in [-0.39, 0.29) is 0 Å². The van der Waals surface area contributed by atoms with Gasteiger partial charge >= 0.3 is 0 Å². The number of hydrogen-bond acceptors (Lipinski definition) is 2. The maximum atomic E-state index is 5.59. The Labute approximate surface area is 122 Å². The average molecular weight is 273 g/mol. The van der Waals surface area contributed by atoms with Crippen molar-refractivity contribution in [1.82, 2.24) is 5.32 Å². The highest BCUT2D eigenvalue weighted by Crippen LogP contribution is 2.46. The fourth-order valence-electron chi connectivity index (χ4n) is 3.83. The highest BCUT2D eigenvalue weighted by Gasteiger charge is 2.45.